The first kappa shape index (κ1) is 12.0. The Kier molecular flexibility index (Phi) is 4.32. The van der Waals surface area contributed by atoms with Crippen LogP contribution in [0, 0.1) is 6.92 Å². The number of aromatic nitrogens is 1. The van der Waals surface area contributed by atoms with Crippen LogP contribution in [0.1, 0.15) is 42.8 Å². The van der Waals surface area contributed by atoms with Crippen LogP contribution in [-0.2, 0) is 4.74 Å². The van der Waals surface area contributed by atoms with Gasteiger partial charge in [0.2, 0.25) is 0 Å². The molecule has 1 saturated heterocycles. The van der Waals surface area contributed by atoms with Crippen LogP contribution in [-0.4, -0.2) is 24.2 Å². The summed E-state index contributed by atoms with van der Waals surface area (Å²) < 4.78 is 5.70. The Morgan fingerprint density at radius 3 is 3.12 bits per heavy atom. The molecule has 0 saturated carbocycles. The molecule has 1 fully saturated rings. The number of rotatable bonds is 4. The maximum atomic E-state index is 5.70. The van der Waals surface area contributed by atoms with Crippen LogP contribution in [0.5, 0.6) is 0 Å². The molecule has 0 radical (unpaired) electrons. The molecule has 1 N–H and O–H groups in total. The summed E-state index contributed by atoms with van der Waals surface area (Å²) in [4.78, 5) is 5.62. The minimum Gasteiger partial charge on any atom is -0.377 e. The van der Waals surface area contributed by atoms with E-state index < -0.39 is 0 Å². The Hall–Kier alpha value is -0.450. The summed E-state index contributed by atoms with van der Waals surface area (Å²) in [6.07, 6.45) is 4.13. The average molecular weight is 240 g/mol. The quantitative estimate of drug-likeness (QED) is 0.878. The van der Waals surface area contributed by atoms with Crippen molar-refractivity contribution in [1.82, 2.24) is 10.3 Å². The summed E-state index contributed by atoms with van der Waals surface area (Å²) in [6, 6.07) is 0.387. The van der Waals surface area contributed by atoms with E-state index in [0.29, 0.717) is 12.1 Å². The Morgan fingerprint density at radius 1 is 1.62 bits per heavy atom. The first-order valence-corrected chi connectivity index (χ1v) is 6.90. The minimum absolute atomic E-state index is 0.387. The lowest BCUT2D eigenvalue weighted by molar-refractivity contribution is 0.0157. The lowest BCUT2D eigenvalue weighted by Crippen LogP contribution is -2.33. The predicted octanol–water partition coefficient (Wildman–Crippen LogP) is 2.67. The van der Waals surface area contributed by atoms with Crippen molar-refractivity contribution >= 4 is 11.3 Å². The zero-order valence-electron chi connectivity index (χ0n) is 10.0. The van der Waals surface area contributed by atoms with Gasteiger partial charge in [0.25, 0.3) is 0 Å². The summed E-state index contributed by atoms with van der Waals surface area (Å²) in [6.45, 7) is 6.16. The van der Waals surface area contributed by atoms with E-state index in [-0.39, 0.29) is 0 Å². The van der Waals surface area contributed by atoms with Crippen LogP contribution >= 0.6 is 11.3 Å². The van der Waals surface area contributed by atoms with E-state index in [9.17, 15) is 0 Å². The molecule has 2 heterocycles. The van der Waals surface area contributed by atoms with Gasteiger partial charge in [-0.05, 0) is 33.1 Å². The Morgan fingerprint density at radius 2 is 2.50 bits per heavy atom. The number of thiazole rings is 1. The number of hydrogen-bond donors (Lipinski definition) is 1. The molecule has 0 aliphatic carbocycles. The van der Waals surface area contributed by atoms with Crippen LogP contribution in [0.3, 0.4) is 0 Å². The van der Waals surface area contributed by atoms with Crippen molar-refractivity contribution in [2.45, 2.75) is 45.3 Å². The standard InChI is InChI=1S/C12H20N2OS/c1-9(12-10(2)14-8-16-12)13-7-11-5-3-4-6-15-11/h8-9,11,13H,3-7H2,1-2H3. The Labute approximate surface area is 101 Å². The van der Waals surface area contributed by atoms with Crippen LogP contribution in [0.2, 0.25) is 0 Å². The third-order valence-electron chi connectivity index (χ3n) is 3.10. The maximum Gasteiger partial charge on any atom is 0.0798 e. The van der Waals surface area contributed by atoms with Crippen molar-refractivity contribution in [2.24, 2.45) is 0 Å². The van der Waals surface area contributed by atoms with E-state index in [4.69, 9.17) is 4.74 Å². The van der Waals surface area contributed by atoms with Gasteiger partial charge in [0.1, 0.15) is 0 Å². The highest BCUT2D eigenvalue weighted by molar-refractivity contribution is 7.09. The molecular formula is C12H20N2OS. The molecule has 2 atom stereocenters. The van der Waals surface area contributed by atoms with Gasteiger partial charge in [-0.15, -0.1) is 11.3 Å². The van der Waals surface area contributed by atoms with Gasteiger partial charge in [-0.2, -0.15) is 0 Å². The fraction of sp³-hybridized carbons (Fsp3) is 0.750. The van der Waals surface area contributed by atoms with Gasteiger partial charge in [-0.25, -0.2) is 4.98 Å². The number of ether oxygens (including phenoxy) is 1. The fourth-order valence-electron chi connectivity index (χ4n) is 2.10. The van der Waals surface area contributed by atoms with E-state index in [1.54, 1.807) is 11.3 Å². The molecule has 1 aromatic rings. The highest BCUT2D eigenvalue weighted by Gasteiger charge is 2.16. The summed E-state index contributed by atoms with van der Waals surface area (Å²) in [5.74, 6) is 0. The molecule has 16 heavy (non-hydrogen) atoms. The maximum absolute atomic E-state index is 5.70. The molecule has 2 unspecified atom stereocenters. The van der Waals surface area contributed by atoms with E-state index >= 15 is 0 Å². The van der Waals surface area contributed by atoms with Crippen molar-refractivity contribution in [2.75, 3.05) is 13.2 Å². The second-order valence-corrected chi connectivity index (χ2v) is 5.31. The highest BCUT2D eigenvalue weighted by Crippen LogP contribution is 2.21. The highest BCUT2D eigenvalue weighted by atomic mass is 32.1. The van der Waals surface area contributed by atoms with Crippen molar-refractivity contribution < 1.29 is 4.74 Å². The van der Waals surface area contributed by atoms with E-state index in [0.717, 1.165) is 18.8 Å². The second-order valence-electron chi connectivity index (χ2n) is 4.42. The van der Waals surface area contributed by atoms with E-state index in [2.05, 4.69) is 24.1 Å². The topological polar surface area (TPSA) is 34.2 Å². The molecule has 2 rings (SSSR count). The second kappa shape index (κ2) is 5.75. The van der Waals surface area contributed by atoms with E-state index in [1.165, 1.54) is 24.1 Å². The van der Waals surface area contributed by atoms with Crippen molar-refractivity contribution in [3.63, 3.8) is 0 Å². The Bertz CT molecular complexity index is 321. The van der Waals surface area contributed by atoms with Crippen LogP contribution < -0.4 is 5.32 Å². The van der Waals surface area contributed by atoms with Gasteiger partial charge in [0.15, 0.2) is 0 Å². The van der Waals surface area contributed by atoms with Crippen molar-refractivity contribution in [1.29, 1.82) is 0 Å². The van der Waals surface area contributed by atoms with Crippen molar-refractivity contribution in [3.8, 4) is 0 Å². The summed E-state index contributed by atoms with van der Waals surface area (Å²) in [5, 5.41) is 3.54. The van der Waals surface area contributed by atoms with Gasteiger partial charge in [0, 0.05) is 24.1 Å². The molecule has 0 spiro atoms. The summed E-state index contributed by atoms with van der Waals surface area (Å²) >= 11 is 1.73. The van der Waals surface area contributed by atoms with Gasteiger partial charge < -0.3 is 10.1 Å². The molecule has 1 aliphatic rings. The van der Waals surface area contributed by atoms with Gasteiger partial charge in [-0.1, -0.05) is 0 Å². The van der Waals surface area contributed by atoms with Gasteiger partial charge in [0.05, 0.1) is 17.3 Å². The monoisotopic (exact) mass is 240 g/mol. The summed E-state index contributed by atoms with van der Waals surface area (Å²) in [7, 11) is 0. The number of hydrogen-bond acceptors (Lipinski definition) is 4. The van der Waals surface area contributed by atoms with E-state index in [1.807, 2.05) is 5.51 Å². The molecular weight excluding hydrogens is 220 g/mol. The first-order valence-electron chi connectivity index (χ1n) is 6.02. The first-order chi connectivity index (χ1) is 7.77. The molecule has 0 amide bonds. The summed E-state index contributed by atoms with van der Waals surface area (Å²) in [5.41, 5.74) is 3.06. The smallest absolute Gasteiger partial charge is 0.0798 e. The van der Waals surface area contributed by atoms with Crippen LogP contribution in [0.4, 0.5) is 0 Å². The van der Waals surface area contributed by atoms with Crippen molar-refractivity contribution in [3.05, 3.63) is 16.1 Å². The normalized spacial score (nSPS) is 23.2. The zero-order valence-corrected chi connectivity index (χ0v) is 10.8. The SMILES string of the molecule is Cc1ncsc1C(C)NCC1CCCCO1. The third-order valence-corrected chi connectivity index (χ3v) is 4.22. The molecule has 90 valence electrons. The molecule has 1 aromatic heterocycles. The molecule has 1 aliphatic heterocycles. The Balaban J connectivity index is 1.79. The molecule has 0 bridgehead atoms. The predicted molar refractivity (Wildman–Crippen MR) is 66.9 cm³/mol. The number of nitrogens with zero attached hydrogens (tertiary/aromatic N) is 1. The average Bonchev–Trinajstić information content (AvgIpc) is 2.74. The van der Waals surface area contributed by atoms with Gasteiger partial charge in [-0.3, -0.25) is 0 Å². The largest absolute Gasteiger partial charge is 0.377 e. The van der Waals surface area contributed by atoms with Crippen LogP contribution in [0.25, 0.3) is 0 Å². The lowest BCUT2D eigenvalue weighted by atomic mass is 10.1. The lowest BCUT2D eigenvalue weighted by Gasteiger charge is -2.24. The third kappa shape index (κ3) is 3.03. The number of aryl methyl sites for hydroxylation is 1. The molecule has 0 aromatic carbocycles. The molecule has 4 heteroatoms. The zero-order chi connectivity index (χ0) is 11.4. The van der Waals surface area contributed by atoms with Crippen LogP contribution in [0.15, 0.2) is 5.51 Å². The fourth-order valence-corrected chi connectivity index (χ4v) is 2.93. The number of nitrogens with one attached hydrogen (secondary N) is 1. The van der Waals surface area contributed by atoms with Gasteiger partial charge >= 0.3 is 0 Å². The minimum atomic E-state index is 0.387. The molecule has 3 nitrogen and oxygen atoms in total.